The fourth-order valence-corrected chi connectivity index (χ4v) is 3.79. The highest BCUT2D eigenvalue weighted by molar-refractivity contribution is 7.90. The molecule has 0 radical (unpaired) electrons. The summed E-state index contributed by atoms with van der Waals surface area (Å²) in [4.78, 5) is 24.8. The third-order valence-electron chi connectivity index (χ3n) is 4.77. The third kappa shape index (κ3) is 4.97. The lowest BCUT2D eigenvalue weighted by molar-refractivity contribution is -0.117. The number of benzene rings is 2. The summed E-state index contributed by atoms with van der Waals surface area (Å²) >= 11 is 0. The van der Waals surface area contributed by atoms with Crippen molar-refractivity contribution in [1.82, 2.24) is 9.78 Å². The topological polar surface area (TPSA) is 117 Å². The lowest BCUT2D eigenvalue weighted by Gasteiger charge is -2.11. The van der Waals surface area contributed by atoms with Crippen LogP contribution in [-0.2, 0) is 21.2 Å². The summed E-state index contributed by atoms with van der Waals surface area (Å²) in [5.74, 6) is 0.790. The van der Waals surface area contributed by atoms with Crippen LogP contribution in [0.3, 0.4) is 0 Å². The Labute approximate surface area is 184 Å². The molecule has 2 heterocycles. The first kappa shape index (κ1) is 21.6. The number of sulfone groups is 1. The van der Waals surface area contributed by atoms with Gasteiger partial charge in [0.1, 0.15) is 6.54 Å². The number of nitrogens with zero attached hydrogens (tertiary/aromatic N) is 2. The molecule has 0 atom stereocenters. The van der Waals surface area contributed by atoms with Gasteiger partial charge in [0.15, 0.2) is 21.3 Å². The Balaban J connectivity index is 1.51. The number of rotatable bonds is 5. The monoisotopic (exact) mass is 455 g/mol. The predicted molar refractivity (Wildman–Crippen MR) is 118 cm³/mol. The van der Waals surface area contributed by atoms with E-state index in [0.717, 1.165) is 22.9 Å². The quantitative estimate of drug-likeness (QED) is 0.626. The minimum Gasteiger partial charge on any atom is -0.490 e. The van der Waals surface area contributed by atoms with Crippen LogP contribution < -0.4 is 20.3 Å². The molecule has 4 rings (SSSR count). The zero-order valence-corrected chi connectivity index (χ0v) is 18.1. The zero-order valence-electron chi connectivity index (χ0n) is 17.3. The summed E-state index contributed by atoms with van der Waals surface area (Å²) in [6.07, 6.45) is 1.90. The van der Waals surface area contributed by atoms with Crippen LogP contribution in [0.15, 0.2) is 64.3 Å². The van der Waals surface area contributed by atoms with Crippen molar-refractivity contribution < 1.29 is 22.7 Å². The first-order valence-corrected chi connectivity index (χ1v) is 11.8. The van der Waals surface area contributed by atoms with Gasteiger partial charge in [-0.1, -0.05) is 0 Å². The van der Waals surface area contributed by atoms with Crippen molar-refractivity contribution in [2.75, 3.05) is 24.8 Å². The van der Waals surface area contributed by atoms with E-state index in [2.05, 4.69) is 10.4 Å². The molecule has 1 N–H and O–H groups in total. The van der Waals surface area contributed by atoms with Gasteiger partial charge < -0.3 is 14.8 Å². The summed E-state index contributed by atoms with van der Waals surface area (Å²) in [6.45, 7) is 0.835. The molecular weight excluding hydrogens is 434 g/mol. The number of fused-ring (bicyclic) bond motifs is 1. The predicted octanol–water partition coefficient (Wildman–Crippen LogP) is 2.11. The fourth-order valence-electron chi connectivity index (χ4n) is 3.16. The molecule has 1 aromatic heterocycles. The van der Waals surface area contributed by atoms with Crippen molar-refractivity contribution >= 4 is 21.4 Å². The lowest BCUT2D eigenvalue weighted by atomic mass is 10.1. The second-order valence-electron chi connectivity index (χ2n) is 7.27. The second-order valence-corrected chi connectivity index (χ2v) is 9.29. The number of carbonyl (C=O) groups is 1. The lowest BCUT2D eigenvalue weighted by Crippen LogP contribution is -2.29. The van der Waals surface area contributed by atoms with Crippen molar-refractivity contribution in [1.29, 1.82) is 0 Å². The van der Waals surface area contributed by atoms with Gasteiger partial charge in [-0.3, -0.25) is 9.59 Å². The minimum absolute atomic E-state index is 0.149. The van der Waals surface area contributed by atoms with Gasteiger partial charge in [-0.05, 0) is 48.5 Å². The number of carbonyl (C=O) groups excluding carboxylic acids is 1. The summed E-state index contributed by atoms with van der Waals surface area (Å²) < 4.78 is 35.5. The molecule has 0 fully saturated rings. The molecule has 1 aliphatic heterocycles. The van der Waals surface area contributed by atoms with Gasteiger partial charge in [-0.15, -0.1) is 0 Å². The van der Waals surface area contributed by atoms with E-state index in [0.29, 0.717) is 36.1 Å². The molecule has 0 unspecified atom stereocenters. The maximum atomic E-state index is 12.4. The first-order chi connectivity index (χ1) is 15.3. The summed E-state index contributed by atoms with van der Waals surface area (Å²) in [7, 11) is -3.33. The Morgan fingerprint density at radius 3 is 2.47 bits per heavy atom. The number of anilines is 1. The first-order valence-electron chi connectivity index (χ1n) is 9.88. The number of ether oxygens (including phenoxy) is 2. The molecular formula is C22H21N3O6S. The van der Waals surface area contributed by atoms with Crippen molar-refractivity contribution in [3.63, 3.8) is 0 Å². The van der Waals surface area contributed by atoms with Crippen molar-refractivity contribution in [3.8, 4) is 22.8 Å². The molecule has 0 bridgehead atoms. The van der Waals surface area contributed by atoms with Crippen LogP contribution in [0.2, 0.25) is 0 Å². The molecule has 0 saturated heterocycles. The third-order valence-corrected chi connectivity index (χ3v) is 5.90. The molecule has 32 heavy (non-hydrogen) atoms. The van der Waals surface area contributed by atoms with Gasteiger partial charge in [0.05, 0.1) is 23.8 Å². The van der Waals surface area contributed by atoms with E-state index < -0.39 is 21.3 Å². The van der Waals surface area contributed by atoms with Crippen LogP contribution in [0.5, 0.6) is 11.5 Å². The van der Waals surface area contributed by atoms with Crippen LogP contribution in [0.4, 0.5) is 5.69 Å². The zero-order chi connectivity index (χ0) is 22.7. The van der Waals surface area contributed by atoms with Gasteiger partial charge in [0, 0.05) is 30.0 Å². The average Bonchev–Trinajstić information content (AvgIpc) is 3.00. The molecule has 1 amide bonds. The van der Waals surface area contributed by atoms with E-state index in [1.165, 1.54) is 30.3 Å². The van der Waals surface area contributed by atoms with Crippen LogP contribution in [0.1, 0.15) is 6.42 Å². The van der Waals surface area contributed by atoms with E-state index in [4.69, 9.17) is 9.47 Å². The Morgan fingerprint density at radius 2 is 1.75 bits per heavy atom. The van der Waals surface area contributed by atoms with E-state index in [-0.39, 0.29) is 11.4 Å². The summed E-state index contributed by atoms with van der Waals surface area (Å²) in [5, 5.41) is 6.94. The van der Waals surface area contributed by atoms with E-state index >= 15 is 0 Å². The van der Waals surface area contributed by atoms with Crippen molar-refractivity contribution in [3.05, 3.63) is 65.0 Å². The molecule has 10 heteroatoms. The molecule has 1 aliphatic rings. The highest BCUT2D eigenvalue weighted by Crippen LogP contribution is 2.33. The molecule has 9 nitrogen and oxygen atoms in total. The Morgan fingerprint density at radius 1 is 1.03 bits per heavy atom. The van der Waals surface area contributed by atoms with E-state index in [1.807, 2.05) is 6.07 Å². The molecule has 0 spiro atoms. The van der Waals surface area contributed by atoms with Crippen molar-refractivity contribution in [2.45, 2.75) is 17.9 Å². The maximum Gasteiger partial charge on any atom is 0.267 e. The fraction of sp³-hybridized carbons (Fsp3) is 0.227. The van der Waals surface area contributed by atoms with Gasteiger partial charge in [0.25, 0.3) is 5.56 Å². The molecule has 3 aromatic rings. The standard InChI is InChI=1S/C22H21N3O6S/c1-32(28,29)17-6-4-16(5-7-17)23-21(26)14-25-22(27)10-8-18(24-25)15-3-9-19-20(13-15)31-12-2-11-30-19/h3-10,13H,2,11-12,14H2,1H3,(H,23,26). The number of hydrogen-bond acceptors (Lipinski definition) is 7. The molecule has 0 saturated carbocycles. The second kappa shape index (κ2) is 8.83. The van der Waals surface area contributed by atoms with E-state index in [9.17, 15) is 18.0 Å². The molecule has 0 aliphatic carbocycles. The van der Waals surface area contributed by atoms with Crippen LogP contribution in [0.25, 0.3) is 11.3 Å². The largest absolute Gasteiger partial charge is 0.490 e. The number of nitrogens with one attached hydrogen (secondary N) is 1. The Bertz CT molecular complexity index is 1320. The van der Waals surface area contributed by atoms with Gasteiger partial charge in [-0.25, -0.2) is 13.1 Å². The Kier molecular flexibility index (Phi) is 5.95. The van der Waals surface area contributed by atoms with E-state index in [1.54, 1.807) is 18.2 Å². The normalized spacial score (nSPS) is 13.3. The van der Waals surface area contributed by atoms with Gasteiger partial charge in [0.2, 0.25) is 5.91 Å². The average molecular weight is 455 g/mol. The van der Waals surface area contributed by atoms with Crippen LogP contribution in [0, 0.1) is 0 Å². The highest BCUT2D eigenvalue weighted by Gasteiger charge is 2.14. The van der Waals surface area contributed by atoms with Crippen LogP contribution in [-0.4, -0.2) is 43.6 Å². The SMILES string of the molecule is CS(=O)(=O)c1ccc(NC(=O)Cn2nc(-c3ccc4c(c3)OCCCO4)ccc2=O)cc1. The van der Waals surface area contributed by atoms with Crippen molar-refractivity contribution in [2.24, 2.45) is 0 Å². The number of amides is 1. The maximum absolute atomic E-state index is 12.4. The molecule has 2 aromatic carbocycles. The highest BCUT2D eigenvalue weighted by atomic mass is 32.2. The van der Waals surface area contributed by atoms with Gasteiger partial charge >= 0.3 is 0 Å². The smallest absolute Gasteiger partial charge is 0.267 e. The van der Waals surface area contributed by atoms with Gasteiger partial charge in [-0.2, -0.15) is 5.10 Å². The number of aromatic nitrogens is 2. The minimum atomic E-state index is -3.33. The molecule has 166 valence electrons. The Hall–Kier alpha value is -3.66. The van der Waals surface area contributed by atoms with Crippen LogP contribution >= 0.6 is 0 Å². The number of hydrogen-bond donors (Lipinski definition) is 1. The summed E-state index contributed by atoms with van der Waals surface area (Å²) in [5.41, 5.74) is 1.21. The summed E-state index contributed by atoms with van der Waals surface area (Å²) in [6, 6.07) is 14.1.